The molecule has 0 aliphatic rings. The average Bonchev–Trinajstić information content (AvgIpc) is 2.01. The summed E-state index contributed by atoms with van der Waals surface area (Å²) in [5.41, 5.74) is -0.955. The van der Waals surface area contributed by atoms with Gasteiger partial charge in [-0.05, 0) is 19.8 Å². The Balaban J connectivity index is 4.99. The van der Waals surface area contributed by atoms with Crippen molar-refractivity contribution in [2.45, 2.75) is 27.7 Å². The average molecular weight is 236 g/mol. The van der Waals surface area contributed by atoms with Gasteiger partial charge in [-0.25, -0.2) is 8.42 Å². The molecule has 15 heavy (non-hydrogen) atoms. The molecular weight excluding hydrogens is 216 g/mol. The Morgan fingerprint density at radius 3 is 2.13 bits per heavy atom. The lowest BCUT2D eigenvalue weighted by molar-refractivity contribution is -0.155. The lowest BCUT2D eigenvalue weighted by atomic mass is 9.81. The Morgan fingerprint density at radius 1 is 1.40 bits per heavy atom. The number of ether oxygens (including phenoxy) is 1. The molecule has 1 unspecified atom stereocenters. The monoisotopic (exact) mass is 236 g/mol. The van der Waals surface area contributed by atoms with Crippen LogP contribution >= 0.6 is 0 Å². The van der Waals surface area contributed by atoms with E-state index in [1.54, 1.807) is 13.8 Å². The number of carbonyl (C=O) groups excluding carboxylic acids is 1. The van der Waals surface area contributed by atoms with Crippen molar-refractivity contribution in [3.63, 3.8) is 0 Å². The van der Waals surface area contributed by atoms with Crippen LogP contribution in [0.5, 0.6) is 0 Å². The minimum atomic E-state index is -3.19. The third-order valence-corrected chi connectivity index (χ3v) is 3.70. The minimum Gasteiger partial charge on any atom is -0.466 e. The van der Waals surface area contributed by atoms with E-state index in [4.69, 9.17) is 4.74 Å². The van der Waals surface area contributed by atoms with E-state index >= 15 is 0 Å². The highest BCUT2D eigenvalue weighted by Crippen LogP contribution is 2.30. The molecule has 0 aromatic heterocycles. The zero-order valence-corrected chi connectivity index (χ0v) is 10.8. The number of hydrogen-bond acceptors (Lipinski definition) is 4. The largest absolute Gasteiger partial charge is 0.466 e. The van der Waals surface area contributed by atoms with Gasteiger partial charge in [-0.3, -0.25) is 4.79 Å². The maximum absolute atomic E-state index is 11.7. The summed E-state index contributed by atoms with van der Waals surface area (Å²) < 4.78 is 27.4. The summed E-state index contributed by atoms with van der Waals surface area (Å²) in [4.78, 5) is 11.7. The molecule has 0 fully saturated rings. The highest BCUT2D eigenvalue weighted by molar-refractivity contribution is 7.90. The number of sulfone groups is 1. The topological polar surface area (TPSA) is 60.4 Å². The first kappa shape index (κ1) is 14.4. The van der Waals surface area contributed by atoms with Crippen LogP contribution in [0.1, 0.15) is 27.7 Å². The van der Waals surface area contributed by atoms with Gasteiger partial charge in [0.25, 0.3) is 0 Å². The molecule has 0 aromatic rings. The van der Waals surface area contributed by atoms with E-state index in [0.29, 0.717) is 0 Å². The van der Waals surface area contributed by atoms with Crippen molar-refractivity contribution in [2.24, 2.45) is 11.3 Å². The first-order valence-electron chi connectivity index (χ1n) is 4.98. The van der Waals surface area contributed by atoms with Crippen LogP contribution in [0.15, 0.2) is 0 Å². The molecule has 0 heterocycles. The number of carbonyl (C=O) groups is 1. The van der Waals surface area contributed by atoms with Gasteiger partial charge in [0.1, 0.15) is 9.84 Å². The molecule has 0 radical (unpaired) electrons. The van der Waals surface area contributed by atoms with Gasteiger partial charge in [-0.1, -0.05) is 13.8 Å². The number of esters is 1. The Kier molecular flexibility index (Phi) is 4.77. The van der Waals surface area contributed by atoms with Crippen LogP contribution in [0.3, 0.4) is 0 Å². The maximum Gasteiger partial charge on any atom is 0.313 e. The van der Waals surface area contributed by atoms with Crippen molar-refractivity contribution in [3.05, 3.63) is 0 Å². The summed E-state index contributed by atoms with van der Waals surface area (Å²) in [5.74, 6) is -0.687. The Labute approximate surface area is 91.9 Å². The molecule has 0 bridgehead atoms. The Hall–Kier alpha value is -0.580. The van der Waals surface area contributed by atoms with Gasteiger partial charge in [0.2, 0.25) is 0 Å². The lowest BCUT2D eigenvalue weighted by Gasteiger charge is -2.30. The van der Waals surface area contributed by atoms with Gasteiger partial charge >= 0.3 is 5.97 Å². The summed E-state index contributed by atoms with van der Waals surface area (Å²) in [6.07, 6.45) is 1.13. The van der Waals surface area contributed by atoms with Gasteiger partial charge in [-0.15, -0.1) is 0 Å². The molecule has 0 amide bonds. The number of rotatable bonds is 5. The Bertz CT molecular complexity index is 318. The van der Waals surface area contributed by atoms with Crippen molar-refractivity contribution in [1.82, 2.24) is 0 Å². The molecule has 0 rings (SSSR count). The van der Waals surface area contributed by atoms with Crippen molar-refractivity contribution in [3.8, 4) is 0 Å². The van der Waals surface area contributed by atoms with E-state index in [-0.39, 0.29) is 18.3 Å². The van der Waals surface area contributed by atoms with Gasteiger partial charge < -0.3 is 4.74 Å². The van der Waals surface area contributed by atoms with Gasteiger partial charge in [0.05, 0.1) is 17.8 Å². The molecule has 0 aliphatic heterocycles. The third-order valence-electron chi connectivity index (χ3n) is 2.58. The molecule has 1 atom stereocenters. The van der Waals surface area contributed by atoms with Crippen LogP contribution in [0, 0.1) is 11.3 Å². The summed E-state index contributed by atoms with van der Waals surface area (Å²) in [5, 5.41) is 0. The standard InChI is InChI=1S/C10H20O4S/c1-6-14-9(11)10(4,8(2)3)7-15(5,12)13/h8H,6-7H2,1-5H3. The fraction of sp³-hybridized carbons (Fsp3) is 0.900. The fourth-order valence-corrected chi connectivity index (χ4v) is 2.84. The van der Waals surface area contributed by atoms with E-state index in [1.807, 2.05) is 13.8 Å². The van der Waals surface area contributed by atoms with Crippen LogP contribution < -0.4 is 0 Å². The van der Waals surface area contributed by atoms with E-state index in [9.17, 15) is 13.2 Å². The molecule has 90 valence electrons. The molecule has 0 saturated heterocycles. The fourth-order valence-electron chi connectivity index (χ4n) is 1.30. The van der Waals surface area contributed by atoms with Gasteiger partial charge in [-0.2, -0.15) is 0 Å². The molecule has 0 spiro atoms. The quantitative estimate of drug-likeness (QED) is 0.674. The predicted octanol–water partition coefficient (Wildman–Crippen LogP) is 1.26. The Morgan fingerprint density at radius 2 is 1.87 bits per heavy atom. The molecule has 5 heteroatoms. The van der Waals surface area contributed by atoms with Gasteiger partial charge in [0.15, 0.2) is 0 Å². The summed E-state index contributed by atoms with van der Waals surface area (Å²) in [6.45, 7) is 7.25. The molecule has 4 nitrogen and oxygen atoms in total. The molecular formula is C10H20O4S. The zero-order chi connectivity index (χ0) is 12.3. The van der Waals surface area contributed by atoms with E-state index in [1.165, 1.54) is 0 Å². The first-order chi connectivity index (χ1) is 6.63. The summed E-state index contributed by atoms with van der Waals surface area (Å²) >= 11 is 0. The van der Waals surface area contributed by atoms with Crippen molar-refractivity contribution in [2.75, 3.05) is 18.6 Å². The van der Waals surface area contributed by atoms with Crippen molar-refractivity contribution >= 4 is 15.8 Å². The van der Waals surface area contributed by atoms with E-state index in [2.05, 4.69) is 0 Å². The highest BCUT2D eigenvalue weighted by Gasteiger charge is 2.41. The highest BCUT2D eigenvalue weighted by atomic mass is 32.2. The zero-order valence-electron chi connectivity index (χ0n) is 10.0. The van der Waals surface area contributed by atoms with Crippen LogP contribution in [-0.2, 0) is 19.4 Å². The molecule has 0 N–H and O–H groups in total. The van der Waals surface area contributed by atoms with Crippen molar-refractivity contribution < 1.29 is 17.9 Å². The number of hydrogen-bond donors (Lipinski definition) is 0. The lowest BCUT2D eigenvalue weighted by Crippen LogP contribution is -2.41. The van der Waals surface area contributed by atoms with E-state index < -0.39 is 21.2 Å². The van der Waals surface area contributed by atoms with Crippen molar-refractivity contribution in [1.29, 1.82) is 0 Å². The summed E-state index contributed by atoms with van der Waals surface area (Å²) in [7, 11) is -3.19. The summed E-state index contributed by atoms with van der Waals surface area (Å²) in [6, 6.07) is 0. The molecule has 0 aromatic carbocycles. The minimum absolute atomic E-state index is 0.0775. The predicted molar refractivity (Wildman–Crippen MR) is 59.3 cm³/mol. The normalized spacial score (nSPS) is 16.1. The van der Waals surface area contributed by atoms with Crippen LogP contribution in [-0.4, -0.2) is 33.0 Å². The van der Waals surface area contributed by atoms with Crippen LogP contribution in [0.2, 0.25) is 0 Å². The van der Waals surface area contributed by atoms with Crippen LogP contribution in [0.25, 0.3) is 0 Å². The second kappa shape index (κ2) is 4.96. The van der Waals surface area contributed by atoms with Crippen LogP contribution in [0.4, 0.5) is 0 Å². The SMILES string of the molecule is CCOC(=O)C(C)(CS(C)(=O)=O)C(C)C. The molecule has 0 aliphatic carbocycles. The first-order valence-corrected chi connectivity index (χ1v) is 7.04. The maximum atomic E-state index is 11.7. The van der Waals surface area contributed by atoms with E-state index in [0.717, 1.165) is 6.26 Å². The smallest absolute Gasteiger partial charge is 0.313 e. The third kappa shape index (κ3) is 4.20. The van der Waals surface area contributed by atoms with Gasteiger partial charge in [0, 0.05) is 6.26 Å². The molecule has 0 saturated carbocycles. The second-order valence-electron chi connectivity index (χ2n) is 4.36. The second-order valence-corrected chi connectivity index (χ2v) is 6.50.